The zero-order valence-corrected chi connectivity index (χ0v) is 16.4. The number of ether oxygens (including phenoxy) is 1. The average Bonchev–Trinajstić information content (AvgIpc) is 3.15. The number of rotatable bonds is 7. The van der Waals surface area contributed by atoms with E-state index >= 15 is 0 Å². The molecule has 1 aliphatic rings. The van der Waals surface area contributed by atoms with Gasteiger partial charge in [0.1, 0.15) is 6.33 Å². The van der Waals surface area contributed by atoms with Crippen LogP contribution in [0, 0.1) is 5.92 Å². The van der Waals surface area contributed by atoms with Crippen molar-refractivity contribution < 1.29 is 27.9 Å². The summed E-state index contributed by atoms with van der Waals surface area (Å²) >= 11 is 1.27. The summed E-state index contributed by atoms with van der Waals surface area (Å²) in [6, 6.07) is -0.294. The summed E-state index contributed by atoms with van der Waals surface area (Å²) in [5.74, 6) is -0.274. The van der Waals surface area contributed by atoms with Gasteiger partial charge >= 0.3 is 0 Å². The molecule has 2 rings (SSSR count). The van der Waals surface area contributed by atoms with Gasteiger partial charge in [-0.1, -0.05) is 11.8 Å². The minimum Gasteiger partial charge on any atom is -0.483 e. The summed E-state index contributed by atoms with van der Waals surface area (Å²) in [6.45, 7) is 0.405. The highest BCUT2D eigenvalue weighted by atomic mass is 32.2. The van der Waals surface area contributed by atoms with Crippen LogP contribution in [0.1, 0.15) is 0 Å². The highest BCUT2D eigenvalue weighted by molar-refractivity contribution is 7.99. The van der Waals surface area contributed by atoms with Crippen molar-refractivity contribution in [2.24, 2.45) is 13.0 Å². The molecule has 0 aliphatic carbocycles. The Morgan fingerprint density at radius 3 is 2.73 bits per heavy atom. The van der Waals surface area contributed by atoms with Gasteiger partial charge < -0.3 is 19.7 Å². The molecule has 0 bridgehead atoms. The monoisotopic (exact) mass is 409 g/mol. The molecule has 1 aromatic heterocycles. The molecule has 2 N–H and O–H groups in total. The molecule has 0 aromatic carbocycles. The molecule has 26 heavy (non-hydrogen) atoms. The molecule has 0 radical (unpaired) electrons. The largest absolute Gasteiger partial charge is 0.483 e. The number of aryl methyl sites for hydroxylation is 1. The molecule has 11 nitrogen and oxygen atoms in total. The Hall–Kier alpha value is -1.70. The summed E-state index contributed by atoms with van der Waals surface area (Å²) in [6.07, 6.45) is 1.56. The second-order valence-electron chi connectivity index (χ2n) is 5.65. The van der Waals surface area contributed by atoms with Crippen LogP contribution in [0.4, 0.5) is 0 Å². The number of amides is 1. The van der Waals surface area contributed by atoms with Crippen LogP contribution in [0.15, 0.2) is 11.5 Å². The van der Waals surface area contributed by atoms with Crippen molar-refractivity contribution in [2.45, 2.75) is 11.2 Å². The molecular formula is C13H23N5O6S2. The van der Waals surface area contributed by atoms with E-state index in [1.54, 1.807) is 17.9 Å². The summed E-state index contributed by atoms with van der Waals surface area (Å²) in [7, 11) is 1.46. The number of sulfonamides is 1. The Kier molecular flexibility index (Phi) is 8.98. The number of carbonyl (C=O) groups is 2. The van der Waals surface area contributed by atoms with E-state index in [2.05, 4.69) is 15.5 Å². The predicted molar refractivity (Wildman–Crippen MR) is 94.1 cm³/mol. The zero-order chi connectivity index (χ0) is 19.7. The molecule has 0 unspecified atom stereocenters. The third-order valence-electron chi connectivity index (χ3n) is 3.53. The first-order valence-corrected chi connectivity index (χ1v) is 10.1. The molecule has 1 aliphatic heterocycles. The van der Waals surface area contributed by atoms with E-state index in [0.29, 0.717) is 18.4 Å². The smallest absolute Gasteiger partial charge is 0.290 e. The van der Waals surface area contributed by atoms with Gasteiger partial charge in [-0.3, -0.25) is 9.59 Å². The molecule has 148 valence electrons. The number of carboxylic acid groups (broad SMARTS) is 1. The second kappa shape index (κ2) is 10.4. The van der Waals surface area contributed by atoms with Gasteiger partial charge in [0, 0.05) is 27.1 Å². The van der Waals surface area contributed by atoms with Crippen molar-refractivity contribution in [2.75, 3.05) is 38.8 Å². The molecule has 1 fully saturated rings. The molecule has 0 saturated carbocycles. The average molecular weight is 409 g/mol. The Morgan fingerprint density at radius 2 is 2.19 bits per heavy atom. The maximum absolute atomic E-state index is 12.0. The van der Waals surface area contributed by atoms with Crippen LogP contribution < -0.4 is 5.32 Å². The lowest BCUT2D eigenvalue weighted by molar-refractivity contribution is -0.123. The molecule has 1 aromatic rings. The third-order valence-corrected chi connectivity index (χ3v) is 6.52. The Bertz CT molecular complexity index is 693. The lowest BCUT2D eigenvalue weighted by atomic mass is 10.1. The van der Waals surface area contributed by atoms with Crippen LogP contribution in [0.25, 0.3) is 0 Å². The molecule has 2 heterocycles. The van der Waals surface area contributed by atoms with E-state index in [1.807, 2.05) is 0 Å². The lowest BCUT2D eigenvalue weighted by Gasteiger charge is -2.20. The topological polar surface area (TPSA) is 144 Å². The van der Waals surface area contributed by atoms with Crippen LogP contribution in [0.5, 0.6) is 0 Å². The normalized spacial score (nSPS) is 19.7. The lowest BCUT2D eigenvalue weighted by Crippen LogP contribution is -2.44. The minimum absolute atomic E-state index is 0.0403. The molecule has 0 spiro atoms. The summed E-state index contributed by atoms with van der Waals surface area (Å²) in [5, 5.41) is 18.0. The van der Waals surface area contributed by atoms with Gasteiger partial charge in [0.15, 0.2) is 5.16 Å². The van der Waals surface area contributed by atoms with Gasteiger partial charge in [0.05, 0.1) is 30.8 Å². The number of carbonyl (C=O) groups excluding carboxylic acids is 1. The number of nitrogens with one attached hydrogen (secondary N) is 1. The number of nitrogens with zero attached hydrogens (tertiary/aromatic N) is 4. The maximum Gasteiger partial charge on any atom is 0.290 e. The van der Waals surface area contributed by atoms with Gasteiger partial charge in [-0.2, -0.15) is 0 Å². The fourth-order valence-corrected chi connectivity index (χ4v) is 3.99. The Balaban J connectivity index is 0.00000105. The quantitative estimate of drug-likeness (QED) is 0.412. The third kappa shape index (κ3) is 6.90. The van der Waals surface area contributed by atoms with Crippen LogP contribution in [0.2, 0.25) is 0 Å². The van der Waals surface area contributed by atoms with Gasteiger partial charge in [0.25, 0.3) is 6.47 Å². The minimum atomic E-state index is -3.33. The molecule has 1 amide bonds. The standard InChI is InChI=1S/C12H21N5O4S2.CH2O2/c1-16(2)23(19,20)7-9-4-21-5-10(9)14-11(18)6-22-12-15-13-8-17(12)3;2-1-3/h8-10H,4-7H2,1-3H3,(H,14,18);1H,(H,2,3)/t9-,10+;/m0./s1. The van der Waals surface area contributed by atoms with Gasteiger partial charge in [-0.15, -0.1) is 10.2 Å². The number of hydrogen-bond acceptors (Lipinski definition) is 8. The number of hydrogen-bond donors (Lipinski definition) is 2. The fourth-order valence-electron chi connectivity index (χ4n) is 2.12. The van der Waals surface area contributed by atoms with E-state index in [4.69, 9.17) is 14.6 Å². The Morgan fingerprint density at radius 1 is 1.54 bits per heavy atom. The van der Waals surface area contributed by atoms with Crippen molar-refractivity contribution in [3.8, 4) is 0 Å². The van der Waals surface area contributed by atoms with E-state index in [-0.39, 0.29) is 35.8 Å². The molecule has 2 atom stereocenters. The highest BCUT2D eigenvalue weighted by Gasteiger charge is 2.34. The van der Waals surface area contributed by atoms with Crippen molar-refractivity contribution in [3.05, 3.63) is 6.33 Å². The fraction of sp³-hybridized carbons (Fsp3) is 0.692. The van der Waals surface area contributed by atoms with Crippen molar-refractivity contribution >= 4 is 34.2 Å². The molecule has 1 saturated heterocycles. The zero-order valence-electron chi connectivity index (χ0n) is 14.7. The first-order chi connectivity index (χ1) is 12.2. The van der Waals surface area contributed by atoms with Crippen LogP contribution in [-0.4, -0.2) is 89.8 Å². The predicted octanol–water partition coefficient (Wildman–Crippen LogP) is -1.37. The van der Waals surface area contributed by atoms with E-state index in [0.717, 1.165) is 0 Å². The van der Waals surface area contributed by atoms with Crippen LogP contribution in [0.3, 0.4) is 0 Å². The first kappa shape index (κ1) is 22.3. The van der Waals surface area contributed by atoms with Crippen LogP contribution in [-0.2, 0) is 31.4 Å². The van der Waals surface area contributed by atoms with Gasteiger partial charge in [-0.05, 0) is 0 Å². The van der Waals surface area contributed by atoms with Gasteiger partial charge in [-0.25, -0.2) is 12.7 Å². The van der Waals surface area contributed by atoms with Crippen molar-refractivity contribution in [1.29, 1.82) is 0 Å². The number of thioether (sulfide) groups is 1. The van der Waals surface area contributed by atoms with E-state index < -0.39 is 10.0 Å². The summed E-state index contributed by atoms with van der Waals surface area (Å²) in [5.41, 5.74) is 0. The Labute approximate surface area is 156 Å². The van der Waals surface area contributed by atoms with Crippen LogP contribution >= 0.6 is 11.8 Å². The maximum atomic E-state index is 12.0. The molecular weight excluding hydrogens is 386 g/mol. The second-order valence-corrected chi connectivity index (χ2v) is 8.82. The van der Waals surface area contributed by atoms with Gasteiger partial charge in [0.2, 0.25) is 15.9 Å². The first-order valence-electron chi connectivity index (χ1n) is 7.53. The SMILES string of the molecule is CN(C)S(=O)(=O)C[C@@H]1COC[C@H]1NC(=O)CSc1nncn1C.O=CO. The van der Waals surface area contributed by atoms with E-state index in [1.165, 1.54) is 30.2 Å². The van der Waals surface area contributed by atoms with Crippen molar-refractivity contribution in [3.63, 3.8) is 0 Å². The summed E-state index contributed by atoms with van der Waals surface area (Å²) < 4.78 is 32.2. The molecule has 13 heteroatoms. The number of aromatic nitrogens is 3. The van der Waals surface area contributed by atoms with Crippen molar-refractivity contribution in [1.82, 2.24) is 24.4 Å². The summed E-state index contributed by atoms with van der Waals surface area (Å²) in [4.78, 5) is 20.4. The highest BCUT2D eigenvalue weighted by Crippen LogP contribution is 2.18. The van der Waals surface area contributed by atoms with E-state index in [9.17, 15) is 13.2 Å².